The van der Waals surface area contributed by atoms with Gasteiger partial charge in [-0.2, -0.15) is 0 Å². The molecule has 12 heavy (non-hydrogen) atoms. The Balaban J connectivity index is 3.23. The van der Waals surface area contributed by atoms with Crippen molar-refractivity contribution < 1.29 is 4.57 Å². The van der Waals surface area contributed by atoms with E-state index >= 15 is 0 Å². The highest BCUT2D eigenvalue weighted by Gasteiger charge is 2.10. The summed E-state index contributed by atoms with van der Waals surface area (Å²) in [6.45, 7) is 5.64. The molecule has 0 saturated heterocycles. The molecule has 0 aliphatic heterocycles. The monoisotopic (exact) mass is 294 g/mol. The second-order valence-corrected chi connectivity index (χ2v) is 7.66. The first kappa shape index (κ1) is 10.3. The summed E-state index contributed by atoms with van der Waals surface area (Å²) in [5.41, 5.74) is 1.21. The van der Waals surface area contributed by atoms with Gasteiger partial charge in [-0.15, -0.1) is 0 Å². The summed E-state index contributed by atoms with van der Waals surface area (Å²) in [5, 5.41) is 0.973. The quantitative estimate of drug-likeness (QED) is 0.575. The van der Waals surface area contributed by atoms with Crippen molar-refractivity contribution in [1.82, 2.24) is 0 Å². The van der Waals surface area contributed by atoms with Crippen molar-refractivity contribution in [3.63, 3.8) is 0 Å². The lowest BCUT2D eigenvalue weighted by Gasteiger charge is -2.08. The fourth-order valence-corrected chi connectivity index (χ4v) is 2.24. The maximum atomic E-state index is 11.7. The van der Waals surface area contributed by atoms with Crippen LogP contribution in [0.2, 0.25) is 0 Å². The van der Waals surface area contributed by atoms with Gasteiger partial charge in [-0.25, -0.2) is 0 Å². The van der Waals surface area contributed by atoms with Crippen LogP contribution in [0.25, 0.3) is 0 Å². The van der Waals surface area contributed by atoms with Crippen LogP contribution in [0.3, 0.4) is 0 Å². The van der Waals surface area contributed by atoms with Gasteiger partial charge in [0.2, 0.25) is 0 Å². The van der Waals surface area contributed by atoms with E-state index in [1.54, 1.807) is 13.3 Å². The highest BCUT2D eigenvalue weighted by molar-refractivity contribution is 14.1. The second kappa shape index (κ2) is 3.51. The van der Waals surface area contributed by atoms with Crippen LogP contribution in [0.5, 0.6) is 0 Å². The minimum absolute atomic E-state index is 0.973. The van der Waals surface area contributed by atoms with Gasteiger partial charge in [0, 0.05) is 8.87 Å². The molecule has 0 aliphatic carbocycles. The summed E-state index contributed by atoms with van der Waals surface area (Å²) in [6.07, 6.45) is 0. The summed E-state index contributed by atoms with van der Waals surface area (Å²) in [6, 6.07) is 5.99. The van der Waals surface area contributed by atoms with Gasteiger partial charge in [0.15, 0.2) is 0 Å². The van der Waals surface area contributed by atoms with Crippen LogP contribution in [0, 0.1) is 10.5 Å². The standard InChI is InChI=1S/C9H12IOP/c1-7-6-8(12(2,3)11)4-5-9(7)10/h4-6H,1-3H3. The van der Waals surface area contributed by atoms with Gasteiger partial charge in [0.1, 0.15) is 7.14 Å². The molecule has 0 aliphatic rings. The third kappa shape index (κ3) is 2.33. The molecule has 0 heterocycles. The maximum Gasteiger partial charge on any atom is 0.109 e. The zero-order valence-electron chi connectivity index (χ0n) is 7.47. The van der Waals surface area contributed by atoms with Crippen LogP contribution in [0.4, 0.5) is 0 Å². The van der Waals surface area contributed by atoms with E-state index in [0.29, 0.717) is 0 Å². The lowest BCUT2D eigenvalue weighted by molar-refractivity contribution is 0.588. The first-order chi connectivity index (χ1) is 5.41. The molecule has 0 spiro atoms. The first-order valence-corrected chi connectivity index (χ1v) is 7.41. The lowest BCUT2D eigenvalue weighted by atomic mass is 10.2. The van der Waals surface area contributed by atoms with Crippen molar-refractivity contribution in [1.29, 1.82) is 0 Å². The van der Waals surface area contributed by atoms with E-state index in [-0.39, 0.29) is 0 Å². The van der Waals surface area contributed by atoms with E-state index in [1.807, 2.05) is 25.1 Å². The normalized spacial score (nSPS) is 11.7. The average molecular weight is 294 g/mol. The molecule has 0 radical (unpaired) electrons. The Kier molecular flexibility index (Phi) is 3.00. The highest BCUT2D eigenvalue weighted by atomic mass is 127. The molecule has 0 atom stereocenters. The molecule has 3 heteroatoms. The van der Waals surface area contributed by atoms with Gasteiger partial charge in [0.05, 0.1) is 0 Å². The van der Waals surface area contributed by atoms with Gasteiger partial charge >= 0.3 is 0 Å². The molecule has 1 aromatic rings. The van der Waals surface area contributed by atoms with E-state index in [4.69, 9.17) is 0 Å². The topological polar surface area (TPSA) is 17.1 Å². The van der Waals surface area contributed by atoms with E-state index in [2.05, 4.69) is 22.6 Å². The molecule has 0 aromatic heterocycles. The van der Waals surface area contributed by atoms with Crippen molar-refractivity contribution in [3.05, 3.63) is 27.3 Å². The average Bonchev–Trinajstić information content (AvgIpc) is 1.92. The number of benzene rings is 1. The van der Waals surface area contributed by atoms with Crippen LogP contribution < -0.4 is 5.30 Å². The molecule has 0 fully saturated rings. The van der Waals surface area contributed by atoms with Crippen molar-refractivity contribution in [2.75, 3.05) is 13.3 Å². The molecular formula is C9H12IOP. The third-order valence-corrected chi connectivity index (χ3v) is 4.50. The summed E-state index contributed by atoms with van der Waals surface area (Å²) >= 11 is 2.28. The van der Waals surface area contributed by atoms with Crippen LogP contribution in [-0.4, -0.2) is 13.3 Å². The number of hydrogen-bond acceptors (Lipinski definition) is 1. The second-order valence-electron chi connectivity index (χ2n) is 3.28. The fourth-order valence-electron chi connectivity index (χ4n) is 0.964. The van der Waals surface area contributed by atoms with Crippen LogP contribution in [-0.2, 0) is 4.57 Å². The predicted octanol–water partition coefficient (Wildman–Crippen LogP) is 2.85. The van der Waals surface area contributed by atoms with Gasteiger partial charge < -0.3 is 4.57 Å². The predicted molar refractivity (Wildman–Crippen MR) is 63.0 cm³/mol. The molecule has 0 amide bonds. The minimum Gasteiger partial charge on any atom is -0.319 e. The summed E-state index contributed by atoms with van der Waals surface area (Å²) < 4.78 is 12.9. The lowest BCUT2D eigenvalue weighted by Crippen LogP contribution is -2.03. The highest BCUT2D eigenvalue weighted by Crippen LogP contribution is 2.34. The Hall–Kier alpha value is 0.180. The zero-order valence-corrected chi connectivity index (χ0v) is 10.5. The van der Waals surface area contributed by atoms with Gasteiger partial charge in [0.25, 0.3) is 0 Å². The number of rotatable bonds is 1. The Morgan fingerprint density at radius 1 is 1.33 bits per heavy atom. The van der Waals surface area contributed by atoms with Gasteiger partial charge in [-0.05, 0) is 60.5 Å². The van der Waals surface area contributed by atoms with E-state index in [0.717, 1.165) is 5.30 Å². The van der Waals surface area contributed by atoms with E-state index < -0.39 is 7.14 Å². The minimum atomic E-state index is -2.07. The van der Waals surface area contributed by atoms with Crippen molar-refractivity contribution >= 4 is 35.0 Å². The molecule has 0 N–H and O–H groups in total. The fraction of sp³-hybridized carbons (Fsp3) is 0.333. The molecular weight excluding hydrogens is 282 g/mol. The number of aryl methyl sites for hydroxylation is 1. The summed E-state index contributed by atoms with van der Waals surface area (Å²) in [7, 11) is -2.07. The van der Waals surface area contributed by atoms with Gasteiger partial charge in [-0.1, -0.05) is 6.07 Å². The number of hydrogen-bond donors (Lipinski definition) is 0. The Bertz CT molecular complexity index is 340. The smallest absolute Gasteiger partial charge is 0.109 e. The first-order valence-electron chi connectivity index (χ1n) is 3.73. The van der Waals surface area contributed by atoms with Crippen LogP contribution in [0.15, 0.2) is 18.2 Å². The van der Waals surface area contributed by atoms with E-state index in [1.165, 1.54) is 9.13 Å². The van der Waals surface area contributed by atoms with Crippen LogP contribution in [0.1, 0.15) is 5.56 Å². The molecule has 0 saturated carbocycles. The summed E-state index contributed by atoms with van der Waals surface area (Å²) in [5.74, 6) is 0. The third-order valence-electron chi connectivity index (χ3n) is 1.76. The maximum absolute atomic E-state index is 11.7. The molecule has 0 unspecified atom stereocenters. The Morgan fingerprint density at radius 3 is 2.33 bits per heavy atom. The SMILES string of the molecule is Cc1cc(P(C)(C)=O)ccc1I. The van der Waals surface area contributed by atoms with Gasteiger partial charge in [-0.3, -0.25) is 0 Å². The molecule has 1 nitrogen and oxygen atoms in total. The zero-order chi connectivity index (χ0) is 9.35. The molecule has 0 bridgehead atoms. The van der Waals surface area contributed by atoms with Crippen molar-refractivity contribution in [3.8, 4) is 0 Å². The Labute approximate surface area is 87.1 Å². The van der Waals surface area contributed by atoms with Crippen LogP contribution >= 0.6 is 29.7 Å². The Morgan fingerprint density at radius 2 is 1.92 bits per heavy atom. The largest absolute Gasteiger partial charge is 0.319 e. The van der Waals surface area contributed by atoms with Crippen molar-refractivity contribution in [2.45, 2.75) is 6.92 Å². The van der Waals surface area contributed by atoms with Crippen molar-refractivity contribution in [2.24, 2.45) is 0 Å². The molecule has 66 valence electrons. The van der Waals surface area contributed by atoms with E-state index in [9.17, 15) is 4.57 Å². The molecule has 1 aromatic carbocycles. The number of halogens is 1. The summed E-state index contributed by atoms with van der Waals surface area (Å²) in [4.78, 5) is 0. The molecule has 1 rings (SSSR count).